The molecule has 1 fully saturated rings. The first-order valence-electron chi connectivity index (χ1n) is 11.4. The number of halogens is 1. The van der Waals surface area contributed by atoms with Gasteiger partial charge in [-0.2, -0.15) is 0 Å². The Balaban J connectivity index is 1.47. The standard InChI is InChI=1S/C25H32ClN5O/c1-4-11-25(2,3)23(32)27-16-17-7-9-19(26)21(14-17)29-24-28-20-10-8-18(15-22(20)30-24)31-12-5-6-13-31/h7-10,14-15H,4-6,11-13,16H2,1-3H3,(H,27,32)(H2,28,29,30). The third kappa shape index (κ3) is 5.01. The number of anilines is 3. The van der Waals surface area contributed by atoms with Crippen molar-refractivity contribution in [2.24, 2.45) is 5.41 Å². The number of benzene rings is 2. The van der Waals surface area contributed by atoms with Crippen LogP contribution in [0.2, 0.25) is 5.02 Å². The maximum absolute atomic E-state index is 12.5. The van der Waals surface area contributed by atoms with E-state index < -0.39 is 0 Å². The number of aromatic amines is 1. The average molecular weight is 454 g/mol. The number of aromatic nitrogens is 2. The molecule has 1 amide bonds. The summed E-state index contributed by atoms with van der Waals surface area (Å²) in [7, 11) is 0. The predicted molar refractivity (Wildman–Crippen MR) is 133 cm³/mol. The molecule has 32 heavy (non-hydrogen) atoms. The topological polar surface area (TPSA) is 73.1 Å². The molecule has 2 aromatic carbocycles. The molecule has 0 spiro atoms. The molecule has 0 aliphatic carbocycles. The summed E-state index contributed by atoms with van der Waals surface area (Å²) < 4.78 is 0. The van der Waals surface area contributed by atoms with Crippen LogP contribution >= 0.6 is 11.6 Å². The molecular formula is C25H32ClN5O. The van der Waals surface area contributed by atoms with Crippen molar-refractivity contribution in [1.29, 1.82) is 0 Å². The van der Waals surface area contributed by atoms with Gasteiger partial charge in [0.15, 0.2) is 0 Å². The highest BCUT2D eigenvalue weighted by atomic mass is 35.5. The molecule has 0 radical (unpaired) electrons. The van der Waals surface area contributed by atoms with Crippen molar-refractivity contribution in [3.8, 4) is 0 Å². The third-order valence-corrected chi connectivity index (χ3v) is 6.49. The monoisotopic (exact) mass is 453 g/mol. The summed E-state index contributed by atoms with van der Waals surface area (Å²) >= 11 is 6.43. The van der Waals surface area contributed by atoms with Crippen LogP contribution in [-0.4, -0.2) is 29.0 Å². The SMILES string of the molecule is CCCC(C)(C)C(=O)NCc1ccc(Cl)c(Nc2nc3cc(N4CCCC4)ccc3[nH]2)c1. The fraction of sp³-hybridized carbons (Fsp3) is 0.440. The fourth-order valence-electron chi connectivity index (χ4n) is 4.29. The van der Waals surface area contributed by atoms with E-state index in [1.54, 1.807) is 0 Å². The minimum Gasteiger partial charge on any atom is -0.371 e. The van der Waals surface area contributed by atoms with E-state index in [1.807, 2.05) is 32.0 Å². The molecule has 4 rings (SSSR count). The number of H-pyrrole nitrogens is 1. The summed E-state index contributed by atoms with van der Waals surface area (Å²) in [6.45, 7) is 8.73. The van der Waals surface area contributed by atoms with Gasteiger partial charge in [0, 0.05) is 30.7 Å². The first-order valence-corrected chi connectivity index (χ1v) is 11.8. The molecule has 3 aromatic rings. The van der Waals surface area contributed by atoms with Crippen LogP contribution < -0.4 is 15.5 Å². The molecule has 0 atom stereocenters. The van der Waals surface area contributed by atoms with Gasteiger partial charge >= 0.3 is 0 Å². The summed E-state index contributed by atoms with van der Waals surface area (Å²) in [6.07, 6.45) is 4.33. The second-order valence-electron chi connectivity index (χ2n) is 9.24. The van der Waals surface area contributed by atoms with E-state index in [-0.39, 0.29) is 11.3 Å². The average Bonchev–Trinajstić information content (AvgIpc) is 3.43. The Morgan fingerprint density at radius 3 is 2.72 bits per heavy atom. The number of amides is 1. The Morgan fingerprint density at radius 1 is 1.19 bits per heavy atom. The number of nitrogens with zero attached hydrogens (tertiary/aromatic N) is 2. The number of carbonyl (C=O) groups is 1. The predicted octanol–water partition coefficient (Wildman–Crippen LogP) is 6.00. The van der Waals surface area contributed by atoms with Crippen LogP contribution in [0, 0.1) is 5.41 Å². The van der Waals surface area contributed by atoms with Crippen LogP contribution in [0.25, 0.3) is 11.0 Å². The van der Waals surface area contributed by atoms with Crippen LogP contribution in [0.4, 0.5) is 17.3 Å². The van der Waals surface area contributed by atoms with Crippen molar-refractivity contribution < 1.29 is 4.79 Å². The lowest BCUT2D eigenvalue weighted by Gasteiger charge is -2.23. The van der Waals surface area contributed by atoms with Crippen molar-refractivity contribution in [3.63, 3.8) is 0 Å². The highest BCUT2D eigenvalue weighted by Crippen LogP contribution is 2.29. The van der Waals surface area contributed by atoms with Gasteiger partial charge in [-0.15, -0.1) is 0 Å². The number of imidazole rings is 1. The Morgan fingerprint density at radius 2 is 1.97 bits per heavy atom. The van der Waals surface area contributed by atoms with Gasteiger partial charge in [-0.3, -0.25) is 4.79 Å². The lowest BCUT2D eigenvalue weighted by atomic mass is 9.87. The van der Waals surface area contributed by atoms with Crippen molar-refractivity contribution in [1.82, 2.24) is 15.3 Å². The van der Waals surface area contributed by atoms with E-state index >= 15 is 0 Å². The lowest BCUT2D eigenvalue weighted by molar-refractivity contribution is -0.129. The third-order valence-electron chi connectivity index (χ3n) is 6.16. The maximum Gasteiger partial charge on any atom is 0.225 e. The van der Waals surface area contributed by atoms with E-state index in [2.05, 4.69) is 45.6 Å². The van der Waals surface area contributed by atoms with Crippen LogP contribution in [0.3, 0.4) is 0 Å². The molecule has 0 unspecified atom stereocenters. The van der Waals surface area contributed by atoms with Gasteiger partial charge in [0.1, 0.15) is 0 Å². The van der Waals surface area contributed by atoms with Gasteiger partial charge in [0.05, 0.1) is 21.7 Å². The van der Waals surface area contributed by atoms with Crippen molar-refractivity contribution in [2.45, 2.75) is 53.0 Å². The van der Waals surface area contributed by atoms with E-state index in [0.717, 1.165) is 48.2 Å². The Hall–Kier alpha value is -2.73. The van der Waals surface area contributed by atoms with Gasteiger partial charge in [-0.25, -0.2) is 4.98 Å². The molecule has 6 nitrogen and oxygen atoms in total. The molecule has 0 saturated carbocycles. The maximum atomic E-state index is 12.5. The molecule has 1 aliphatic heterocycles. The smallest absolute Gasteiger partial charge is 0.225 e. The second-order valence-corrected chi connectivity index (χ2v) is 9.64. The minimum absolute atomic E-state index is 0.0647. The molecule has 0 bridgehead atoms. The fourth-order valence-corrected chi connectivity index (χ4v) is 4.46. The minimum atomic E-state index is -0.371. The summed E-state index contributed by atoms with van der Waals surface area (Å²) in [5, 5.41) is 6.96. The largest absolute Gasteiger partial charge is 0.371 e. The first-order chi connectivity index (χ1) is 15.4. The van der Waals surface area contributed by atoms with Crippen molar-refractivity contribution in [3.05, 3.63) is 47.0 Å². The van der Waals surface area contributed by atoms with Gasteiger partial charge < -0.3 is 20.5 Å². The first kappa shape index (κ1) is 22.5. The number of hydrogen-bond donors (Lipinski definition) is 3. The van der Waals surface area contributed by atoms with Gasteiger partial charge in [-0.05, 0) is 55.2 Å². The molecular weight excluding hydrogens is 422 g/mol. The van der Waals surface area contributed by atoms with Crippen LogP contribution in [0.1, 0.15) is 52.0 Å². The highest BCUT2D eigenvalue weighted by Gasteiger charge is 2.26. The van der Waals surface area contributed by atoms with Crippen LogP contribution in [0.15, 0.2) is 36.4 Å². The van der Waals surface area contributed by atoms with E-state index in [9.17, 15) is 4.79 Å². The van der Waals surface area contributed by atoms with E-state index in [4.69, 9.17) is 16.6 Å². The van der Waals surface area contributed by atoms with Crippen molar-refractivity contribution in [2.75, 3.05) is 23.3 Å². The summed E-state index contributed by atoms with van der Waals surface area (Å²) in [5.41, 5.74) is 4.48. The molecule has 1 aliphatic rings. The van der Waals surface area contributed by atoms with Gasteiger partial charge in [-0.1, -0.05) is 44.9 Å². The zero-order valence-electron chi connectivity index (χ0n) is 19.1. The normalized spacial score (nSPS) is 14.2. The molecule has 2 heterocycles. The summed E-state index contributed by atoms with van der Waals surface area (Å²) in [6, 6.07) is 12.1. The van der Waals surface area contributed by atoms with E-state index in [1.165, 1.54) is 18.5 Å². The van der Waals surface area contributed by atoms with E-state index in [0.29, 0.717) is 17.5 Å². The molecule has 1 saturated heterocycles. The van der Waals surface area contributed by atoms with Gasteiger partial charge in [0.2, 0.25) is 11.9 Å². The molecule has 7 heteroatoms. The zero-order chi connectivity index (χ0) is 22.7. The number of carbonyl (C=O) groups excluding carboxylic acids is 1. The van der Waals surface area contributed by atoms with Crippen LogP contribution in [-0.2, 0) is 11.3 Å². The summed E-state index contributed by atoms with van der Waals surface area (Å²) in [4.78, 5) is 23.0. The number of fused-ring (bicyclic) bond motifs is 1. The molecule has 3 N–H and O–H groups in total. The zero-order valence-corrected chi connectivity index (χ0v) is 19.9. The number of nitrogens with one attached hydrogen (secondary N) is 3. The Labute approximate surface area is 194 Å². The Kier molecular flexibility index (Phi) is 6.60. The lowest BCUT2D eigenvalue weighted by Crippen LogP contribution is -2.36. The molecule has 170 valence electrons. The highest BCUT2D eigenvalue weighted by molar-refractivity contribution is 6.33. The summed E-state index contributed by atoms with van der Waals surface area (Å²) in [5.74, 6) is 0.709. The Bertz CT molecular complexity index is 1100. The molecule has 1 aromatic heterocycles. The van der Waals surface area contributed by atoms with Gasteiger partial charge in [0.25, 0.3) is 0 Å². The van der Waals surface area contributed by atoms with Crippen LogP contribution in [0.5, 0.6) is 0 Å². The van der Waals surface area contributed by atoms with Crippen molar-refractivity contribution >= 4 is 45.9 Å². The second kappa shape index (κ2) is 9.41. The quantitative estimate of drug-likeness (QED) is 0.391. The number of hydrogen-bond acceptors (Lipinski definition) is 4. The number of rotatable bonds is 8.